The van der Waals surface area contributed by atoms with E-state index < -0.39 is 0 Å². The zero-order chi connectivity index (χ0) is 12.1. The van der Waals surface area contributed by atoms with Gasteiger partial charge in [-0.05, 0) is 45.8 Å². The van der Waals surface area contributed by atoms with Crippen LogP contribution in [0.2, 0.25) is 0 Å². The molecular formula is C13H21BrN2. The van der Waals surface area contributed by atoms with Crippen molar-refractivity contribution in [2.24, 2.45) is 17.8 Å². The Morgan fingerprint density at radius 3 is 2.31 bits per heavy atom. The maximum atomic E-state index is 4.37. The normalized spacial score (nSPS) is 11.5. The Labute approximate surface area is 107 Å². The van der Waals surface area contributed by atoms with Crippen LogP contribution in [0.3, 0.4) is 0 Å². The Morgan fingerprint density at radius 1 is 1.19 bits per heavy atom. The summed E-state index contributed by atoms with van der Waals surface area (Å²) >= 11 is 3.38. The molecule has 0 aliphatic rings. The third kappa shape index (κ3) is 4.12. The van der Waals surface area contributed by atoms with Crippen molar-refractivity contribution in [1.82, 2.24) is 4.98 Å². The number of hydrogen-bond donors (Lipinski definition) is 1. The molecule has 2 nitrogen and oxygen atoms in total. The second-order valence-corrected chi connectivity index (χ2v) is 5.69. The van der Waals surface area contributed by atoms with Crippen molar-refractivity contribution >= 4 is 21.7 Å². The summed E-state index contributed by atoms with van der Waals surface area (Å²) in [5.41, 5.74) is 0. The third-order valence-corrected chi connectivity index (χ3v) is 3.39. The summed E-state index contributed by atoms with van der Waals surface area (Å²) in [5, 5.41) is 3.41. The van der Waals surface area contributed by atoms with Gasteiger partial charge in [0.2, 0.25) is 0 Å². The molecule has 0 saturated heterocycles. The minimum Gasteiger partial charge on any atom is -0.370 e. The van der Waals surface area contributed by atoms with Crippen molar-refractivity contribution in [1.29, 1.82) is 0 Å². The van der Waals surface area contributed by atoms with Gasteiger partial charge in [-0.3, -0.25) is 0 Å². The maximum Gasteiger partial charge on any atom is 0.127 e. The van der Waals surface area contributed by atoms with E-state index in [1.807, 2.05) is 18.2 Å². The molecule has 16 heavy (non-hydrogen) atoms. The standard InChI is InChI=1S/C13H21BrN2/c1-9(2)11(10(3)4)8-15-13-7-5-6-12(14)16-13/h5-7,9-11H,8H2,1-4H3,(H,15,16). The molecule has 0 unspecified atom stereocenters. The first-order chi connectivity index (χ1) is 7.50. The lowest BCUT2D eigenvalue weighted by Gasteiger charge is -2.25. The summed E-state index contributed by atoms with van der Waals surface area (Å²) in [6.45, 7) is 10.1. The van der Waals surface area contributed by atoms with Gasteiger partial charge >= 0.3 is 0 Å². The molecule has 1 aromatic rings. The van der Waals surface area contributed by atoms with Crippen molar-refractivity contribution in [3.63, 3.8) is 0 Å². The molecule has 1 aromatic heterocycles. The van der Waals surface area contributed by atoms with E-state index in [0.717, 1.165) is 17.0 Å². The number of nitrogens with zero attached hydrogens (tertiary/aromatic N) is 1. The molecule has 0 spiro atoms. The summed E-state index contributed by atoms with van der Waals surface area (Å²) in [4.78, 5) is 4.37. The van der Waals surface area contributed by atoms with Gasteiger partial charge in [-0.25, -0.2) is 4.98 Å². The third-order valence-electron chi connectivity index (χ3n) is 2.95. The Morgan fingerprint density at radius 2 is 1.81 bits per heavy atom. The van der Waals surface area contributed by atoms with Crippen LogP contribution >= 0.6 is 15.9 Å². The van der Waals surface area contributed by atoms with Gasteiger partial charge in [-0.15, -0.1) is 0 Å². The summed E-state index contributed by atoms with van der Waals surface area (Å²) in [7, 11) is 0. The molecule has 0 saturated carbocycles. The zero-order valence-corrected chi connectivity index (χ0v) is 12.1. The molecule has 0 aliphatic carbocycles. The molecule has 0 bridgehead atoms. The molecule has 3 heteroatoms. The van der Waals surface area contributed by atoms with Gasteiger partial charge < -0.3 is 5.32 Å². The van der Waals surface area contributed by atoms with E-state index in [2.05, 4.69) is 53.9 Å². The number of anilines is 1. The average molecular weight is 285 g/mol. The minimum atomic E-state index is 0.681. The summed E-state index contributed by atoms with van der Waals surface area (Å²) < 4.78 is 0.878. The monoisotopic (exact) mass is 284 g/mol. The number of halogens is 1. The van der Waals surface area contributed by atoms with Gasteiger partial charge in [0.25, 0.3) is 0 Å². The van der Waals surface area contributed by atoms with E-state index in [1.165, 1.54) is 0 Å². The predicted molar refractivity (Wildman–Crippen MR) is 73.6 cm³/mol. The largest absolute Gasteiger partial charge is 0.370 e. The highest BCUT2D eigenvalue weighted by atomic mass is 79.9. The Bertz CT molecular complexity index is 315. The van der Waals surface area contributed by atoms with Crippen LogP contribution in [-0.4, -0.2) is 11.5 Å². The Hall–Kier alpha value is -0.570. The summed E-state index contributed by atoms with van der Waals surface area (Å²) in [5.74, 6) is 3.01. The predicted octanol–water partition coefficient (Wildman–Crippen LogP) is 4.18. The van der Waals surface area contributed by atoms with Crippen LogP contribution < -0.4 is 5.32 Å². The molecule has 0 aromatic carbocycles. The van der Waals surface area contributed by atoms with E-state index >= 15 is 0 Å². The molecule has 90 valence electrons. The minimum absolute atomic E-state index is 0.681. The molecule has 0 fully saturated rings. The van der Waals surface area contributed by atoms with Crippen molar-refractivity contribution in [3.8, 4) is 0 Å². The van der Waals surface area contributed by atoms with Crippen LogP contribution in [-0.2, 0) is 0 Å². The Balaban J connectivity index is 2.55. The fraction of sp³-hybridized carbons (Fsp3) is 0.615. The maximum absolute atomic E-state index is 4.37. The van der Waals surface area contributed by atoms with E-state index in [1.54, 1.807) is 0 Å². The lowest BCUT2D eigenvalue weighted by atomic mass is 9.85. The smallest absolute Gasteiger partial charge is 0.127 e. The molecule has 1 rings (SSSR count). The molecule has 0 atom stereocenters. The topological polar surface area (TPSA) is 24.9 Å². The second-order valence-electron chi connectivity index (χ2n) is 4.88. The molecule has 1 heterocycles. The first-order valence-corrected chi connectivity index (χ1v) is 6.66. The highest BCUT2D eigenvalue weighted by Crippen LogP contribution is 2.21. The first kappa shape index (κ1) is 13.5. The van der Waals surface area contributed by atoms with Gasteiger partial charge in [0.1, 0.15) is 10.4 Å². The number of hydrogen-bond acceptors (Lipinski definition) is 2. The molecule has 0 radical (unpaired) electrons. The molecule has 0 aliphatic heterocycles. The van der Waals surface area contributed by atoms with Crippen LogP contribution in [0.4, 0.5) is 5.82 Å². The summed E-state index contributed by atoms with van der Waals surface area (Å²) in [6.07, 6.45) is 0. The molecule has 0 amide bonds. The van der Waals surface area contributed by atoms with Crippen molar-refractivity contribution < 1.29 is 0 Å². The van der Waals surface area contributed by atoms with E-state index in [-0.39, 0.29) is 0 Å². The van der Waals surface area contributed by atoms with Crippen LogP contribution in [0.5, 0.6) is 0 Å². The van der Waals surface area contributed by atoms with Crippen LogP contribution in [0, 0.1) is 17.8 Å². The SMILES string of the molecule is CC(C)C(CNc1cccc(Br)n1)C(C)C. The first-order valence-electron chi connectivity index (χ1n) is 5.87. The quantitative estimate of drug-likeness (QED) is 0.821. The van der Waals surface area contributed by atoms with E-state index in [9.17, 15) is 0 Å². The van der Waals surface area contributed by atoms with E-state index in [0.29, 0.717) is 17.8 Å². The fourth-order valence-corrected chi connectivity index (χ4v) is 2.31. The number of pyridine rings is 1. The van der Waals surface area contributed by atoms with Gasteiger partial charge in [0.15, 0.2) is 0 Å². The number of nitrogens with one attached hydrogen (secondary N) is 1. The Kier molecular flexibility index (Phi) is 5.26. The second kappa shape index (κ2) is 6.24. The lowest BCUT2D eigenvalue weighted by Crippen LogP contribution is -2.24. The zero-order valence-electron chi connectivity index (χ0n) is 10.5. The van der Waals surface area contributed by atoms with Crippen LogP contribution in [0.1, 0.15) is 27.7 Å². The lowest BCUT2D eigenvalue weighted by molar-refractivity contribution is 0.304. The van der Waals surface area contributed by atoms with E-state index in [4.69, 9.17) is 0 Å². The highest BCUT2D eigenvalue weighted by molar-refractivity contribution is 9.10. The van der Waals surface area contributed by atoms with Gasteiger partial charge in [-0.2, -0.15) is 0 Å². The summed E-state index contributed by atoms with van der Waals surface area (Å²) in [6, 6.07) is 5.94. The van der Waals surface area contributed by atoms with Crippen molar-refractivity contribution in [2.45, 2.75) is 27.7 Å². The number of rotatable bonds is 5. The molecule has 1 N–H and O–H groups in total. The van der Waals surface area contributed by atoms with Crippen LogP contribution in [0.15, 0.2) is 22.8 Å². The van der Waals surface area contributed by atoms with Gasteiger partial charge in [0, 0.05) is 6.54 Å². The fourth-order valence-electron chi connectivity index (χ4n) is 1.97. The van der Waals surface area contributed by atoms with Gasteiger partial charge in [0.05, 0.1) is 0 Å². The average Bonchev–Trinajstić information content (AvgIpc) is 2.16. The van der Waals surface area contributed by atoms with Gasteiger partial charge in [-0.1, -0.05) is 33.8 Å². The highest BCUT2D eigenvalue weighted by Gasteiger charge is 2.17. The van der Waals surface area contributed by atoms with Crippen LogP contribution in [0.25, 0.3) is 0 Å². The number of aromatic nitrogens is 1. The van der Waals surface area contributed by atoms with Crippen molar-refractivity contribution in [2.75, 3.05) is 11.9 Å². The van der Waals surface area contributed by atoms with Crippen molar-refractivity contribution in [3.05, 3.63) is 22.8 Å². The molecular weight excluding hydrogens is 264 g/mol.